The molecule has 0 aliphatic carbocycles. The van der Waals surface area contributed by atoms with Gasteiger partial charge in [0.2, 0.25) is 5.91 Å². The minimum atomic E-state index is -0.827. The molecule has 0 bridgehead atoms. The SMILES string of the molecule is CCC1(CC)NC(=O)CN(c2cc(Cl)c(C)cc2Br)C1=O. The van der Waals surface area contributed by atoms with Gasteiger partial charge in [0.05, 0.1) is 5.69 Å². The molecule has 0 spiro atoms. The Morgan fingerprint density at radius 1 is 1.33 bits per heavy atom. The number of hydrogen-bond donors (Lipinski definition) is 1. The van der Waals surface area contributed by atoms with Gasteiger partial charge in [-0.3, -0.25) is 14.5 Å². The number of carbonyl (C=O) groups excluding carboxylic acids is 2. The van der Waals surface area contributed by atoms with Crippen molar-refractivity contribution in [3.8, 4) is 0 Å². The van der Waals surface area contributed by atoms with Gasteiger partial charge >= 0.3 is 0 Å². The summed E-state index contributed by atoms with van der Waals surface area (Å²) in [5.41, 5.74) is 0.724. The van der Waals surface area contributed by atoms with Crippen LogP contribution >= 0.6 is 27.5 Å². The highest BCUT2D eigenvalue weighted by atomic mass is 79.9. The first-order chi connectivity index (χ1) is 9.84. The van der Waals surface area contributed by atoms with Gasteiger partial charge in [0.25, 0.3) is 5.91 Å². The van der Waals surface area contributed by atoms with Gasteiger partial charge in [0, 0.05) is 9.50 Å². The zero-order valence-electron chi connectivity index (χ0n) is 12.3. The number of piperazine rings is 1. The molecule has 0 aromatic heterocycles. The van der Waals surface area contributed by atoms with E-state index in [4.69, 9.17) is 11.6 Å². The molecule has 2 rings (SSSR count). The van der Waals surface area contributed by atoms with Crippen LogP contribution in [0.3, 0.4) is 0 Å². The van der Waals surface area contributed by atoms with Crippen molar-refractivity contribution < 1.29 is 9.59 Å². The number of halogens is 2. The van der Waals surface area contributed by atoms with Crippen molar-refractivity contribution in [2.24, 2.45) is 0 Å². The average Bonchev–Trinajstić information content (AvgIpc) is 2.45. The number of amides is 2. The molecule has 1 aliphatic rings. The Morgan fingerprint density at radius 3 is 2.52 bits per heavy atom. The lowest BCUT2D eigenvalue weighted by molar-refractivity contribution is -0.136. The molecular formula is C15H18BrClN2O2. The van der Waals surface area contributed by atoms with Crippen LogP contribution in [-0.4, -0.2) is 23.9 Å². The average molecular weight is 374 g/mol. The number of anilines is 1. The van der Waals surface area contributed by atoms with Crippen LogP contribution < -0.4 is 10.2 Å². The summed E-state index contributed by atoms with van der Waals surface area (Å²) in [7, 11) is 0. The van der Waals surface area contributed by atoms with Crippen molar-refractivity contribution in [1.29, 1.82) is 0 Å². The summed E-state index contributed by atoms with van der Waals surface area (Å²) in [6, 6.07) is 3.59. The van der Waals surface area contributed by atoms with Crippen molar-refractivity contribution in [3.05, 3.63) is 27.2 Å². The molecule has 6 heteroatoms. The van der Waals surface area contributed by atoms with E-state index in [2.05, 4.69) is 21.2 Å². The molecule has 114 valence electrons. The Kier molecular flexibility index (Phi) is 4.63. The maximum Gasteiger partial charge on any atom is 0.253 e. The van der Waals surface area contributed by atoms with Crippen molar-refractivity contribution in [1.82, 2.24) is 5.32 Å². The summed E-state index contributed by atoms with van der Waals surface area (Å²) in [5, 5.41) is 3.42. The van der Waals surface area contributed by atoms with Crippen molar-refractivity contribution in [2.75, 3.05) is 11.4 Å². The molecule has 4 nitrogen and oxygen atoms in total. The summed E-state index contributed by atoms with van der Waals surface area (Å²) >= 11 is 9.63. The van der Waals surface area contributed by atoms with E-state index in [9.17, 15) is 9.59 Å². The number of aryl methyl sites for hydroxylation is 1. The lowest BCUT2D eigenvalue weighted by Gasteiger charge is -2.41. The normalized spacial score (nSPS) is 17.9. The van der Waals surface area contributed by atoms with Crippen LogP contribution in [0.4, 0.5) is 5.69 Å². The molecule has 1 heterocycles. The molecule has 1 saturated heterocycles. The molecule has 1 N–H and O–H groups in total. The third kappa shape index (κ3) is 2.81. The number of rotatable bonds is 3. The van der Waals surface area contributed by atoms with Crippen LogP contribution in [0.1, 0.15) is 32.3 Å². The minimum Gasteiger partial charge on any atom is -0.340 e. The smallest absolute Gasteiger partial charge is 0.253 e. The summed E-state index contributed by atoms with van der Waals surface area (Å²) in [5.74, 6) is -0.241. The Labute approximate surface area is 138 Å². The Hall–Kier alpha value is -1.07. The summed E-state index contributed by atoms with van der Waals surface area (Å²) in [4.78, 5) is 26.4. The van der Waals surface area contributed by atoms with E-state index >= 15 is 0 Å². The molecule has 0 unspecified atom stereocenters. The molecule has 0 saturated carbocycles. The minimum absolute atomic E-state index is 0.0125. The van der Waals surface area contributed by atoms with E-state index in [-0.39, 0.29) is 18.4 Å². The topological polar surface area (TPSA) is 49.4 Å². The Morgan fingerprint density at radius 2 is 1.95 bits per heavy atom. The van der Waals surface area contributed by atoms with Crippen molar-refractivity contribution in [2.45, 2.75) is 39.2 Å². The highest BCUT2D eigenvalue weighted by Gasteiger charge is 2.44. The first-order valence-corrected chi connectivity index (χ1v) is 8.10. The van der Waals surface area contributed by atoms with Gasteiger partial charge in [0.1, 0.15) is 12.1 Å². The zero-order chi connectivity index (χ0) is 15.8. The largest absolute Gasteiger partial charge is 0.340 e. The quantitative estimate of drug-likeness (QED) is 0.882. The van der Waals surface area contributed by atoms with E-state index in [1.165, 1.54) is 4.90 Å². The molecule has 2 amide bonds. The fraction of sp³-hybridized carbons (Fsp3) is 0.467. The molecule has 0 radical (unpaired) electrons. The lowest BCUT2D eigenvalue weighted by atomic mass is 9.88. The van der Waals surface area contributed by atoms with Crippen LogP contribution in [-0.2, 0) is 9.59 Å². The fourth-order valence-electron chi connectivity index (χ4n) is 2.60. The predicted octanol–water partition coefficient (Wildman–Crippen LogP) is 3.43. The molecule has 1 aromatic carbocycles. The predicted molar refractivity (Wildman–Crippen MR) is 87.7 cm³/mol. The van der Waals surface area contributed by atoms with E-state index in [0.29, 0.717) is 23.6 Å². The standard InChI is InChI=1S/C15H18BrClN2O2/c1-4-15(5-2)14(21)19(8-13(20)18-15)12-7-11(17)9(3)6-10(12)16/h6-7H,4-5,8H2,1-3H3,(H,18,20). The van der Waals surface area contributed by atoms with Crippen molar-refractivity contribution >= 4 is 45.0 Å². The van der Waals surface area contributed by atoms with Gasteiger partial charge in [-0.25, -0.2) is 0 Å². The second-order valence-corrected chi connectivity index (χ2v) is 6.54. The second-order valence-electron chi connectivity index (χ2n) is 5.28. The van der Waals surface area contributed by atoms with E-state index in [1.54, 1.807) is 6.07 Å². The number of carbonyl (C=O) groups is 2. The molecule has 21 heavy (non-hydrogen) atoms. The third-order valence-corrected chi connectivity index (χ3v) is 5.10. The summed E-state index contributed by atoms with van der Waals surface area (Å²) in [6.45, 7) is 5.72. The second kappa shape index (κ2) is 5.97. The van der Waals surface area contributed by atoms with Crippen LogP contribution in [0.25, 0.3) is 0 Å². The maximum absolute atomic E-state index is 12.9. The highest BCUT2D eigenvalue weighted by molar-refractivity contribution is 9.10. The Balaban J connectivity index is 2.50. The van der Waals surface area contributed by atoms with Gasteiger partial charge in [-0.05, 0) is 53.4 Å². The van der Waals surface area contributed by atoms with E-state index < -0.39 is 5.54 Å². The lowest BCUT2D eigenvalue weighted by Crippen LogP contribution is -2.66. The number of benzene rings is 1. The number of hydrogen-bond acceptors (Lipinski definition) is 2. The van der Waals surface area contributed by atoms with Crippen molar-refractivity contribution in [3.63, 3.8) is 0 Å². The highest BCUT2D eigenvalue weighted by Crippen LogP contribution is 2.35. The van der Waals surface area contributed by atoms with Gasteiger partial charge in [-0.1, -0.05) is 25.4 Å². The number of nitrogens with one attached hydrogen (secondary N) is 1. The van der Waals surface area contributed by atoms with Crippen LogP contribution in [0, 0.1) is 6.92 Å². The van der Waals surface area contributed by atoms with E-state index in [1.807, 2.05) is 26.8 Å². The summed E-state index contributed by atoms with van der Waals surface area (Å²) < 4.78 is 0.758. The molecule has 1 aromatic rings. The third-order valence-electron chi connectivity index (χ3n) is 4.06. The molecular weight excluding hydrogens is 356 g/mol. The van der Waals surface area contributed by atoms with Gasteiger partial charge in [-0.15, -0.1) is 0 Å². The van der Waals surface area contributed by atoms with Gasteiger partial charge < -0.3 is 5.32 Å². The first-order valence-electron chi connectivity index (χ1n) is 6.93. The van der Waals surface area contributed by atoms with Crippen LogP contribution in [0.15, 0.2) is 16.6 Å². The molecule has 1 fully saturated rings. The zero-order valence-corrected chi connectivity index (χ0v) is 14.6. The molecule has 0 atom stereocenters. The first kappa shape index (κ1) is 16.3. The monoisotopic (exact) mass is 372 g/mol. The number of nitrogens with zero attached hydrogens (tertiary/aromatic N) is 1. The maximum atomic E-state index is 12.9. The fourth-order valence-corrected chi connectivity index (χ4v) is 3.43. The molecule has 1 aliphatic heterocycles. The van der Waals surface area contributed by atoms with Crippen LogP contribution in [0.2, 0.25) is 5.02 Å². The Bertz CT molecular complexity index is 600. The van der Waals surface area contributed by atoms with Crippen LogP contribution in [0.5, 0.6) is 0 Å². The van der Waals surface area contributed by atoms with E-state index in [0.717, 1.165) is 10.0 Å². The van der Waals surface area contributed by atoms with Gasteiger partial charge in [0.15, 0.2) is 0 Å². The summed E-state index contributed by atoms with van der Waals surface area (Å²) in [6.07, 6.45) is 1.11. The van der Waals surface area contributed by atoms with Gasteiger partial charge in [-0.2, -0.15) is 0 Å².